The Morgan fingerprint density at radius 1 is 1.00 bits per heavy atom. The number of hydrogen-bond donors (Lipinski definition) is 2. The van der Waals surface area contributed by atoms with E-state index in [9.17, 15) is 4.39 Å². The quantitative estimate of drug-likeness (QED) is 0.407. The van der Waals surface area contributed by atoms with E-state index in [-0.39, 0.29) is 29.8 Å². The molecule has 0 fully saturated rings. The second-order valence-corrected chi connectivity index (χ2v) is 5.02. The molecule has 0 aliphatic heterocycles. The highest BCUT2D eigenvalue weighted by Gasteiger charge is 1.99. The molecule has 0 amide bonds. The summed E-state index contributed by atoms with van der Waals surface area (Å²) in [5, 5.41) is 6.44. The number of nitrogens with zero attached hydrogens (tertiary/aromatic N) is 1. The van der Waals surface area contributed by atoms with E-state index >= 15 is 0 Å². The highest BCUT2D eigenvalue weighted by Crippen LogP contribution is 2.11. The lowest BCUT2D eigenvalue weighted by atomic mass is 10.2. The molecule has 6 heteroatoms. The summed E-state index contributed by atoms with van der Waals surface area (Å²) in [5.74, 6) is 1.33. The molecular weight excluding hydrogens is 420 g/mol. The molecule has 2 rings (SSSR count). The Kier molecular flexibility index (Phi) is 9.14. The van der Waals surface area contributed by atoms with Crippen molar-refractivity contribution in [1.82, 2.24) is 10.6 Å². The lowest BCUT2D eigenvalue weighted by Crippen LogP contribution is -2.36. The van der Waals surface area contributed by atoms with Gasteiger partial charge in [0, 0.05) is 13.1 Å². The van der Waals surface area contributed by atoms with Crippen LogP contribution < -0.4 is 15.4 Å². The third-order valence-corrected chi connectivity index (χ3v) is 3.30. The SMILES string of the molecule is CCNC(=NCc1ccc(OC)cc1)NCc1ccc(F)cc1.I. The number of hydrogen-bond acceptors (Lipinski definition) is 2. The number of halogens is 2. The summed E-state index contributed by atoms with van der Waals surface area (Å²) in [5.41, 5.74) is 2.10. The van der Waals surface area contributed by atoms with Crippen LogP contribution in [0.2, 0.25) is 0 Å². The van der Waals surface area contributed by atoms with E-state index in [0.29, 0.717) is 13.1 Å². The first-order valence-electron chi connectivity index (χ1n) is 7.61. The van der Waals surface area contributed by atoms with Crippen molar-refractivity contribution >= 4 is 29.9 Å². The van der Waals surface area contributed by atoms with Gasteiger partial charge in [-0.1, -0.05) is 24.3 Å². The zero-order chi connectivity index (χ0) is 16.5. The molecule has 0 saturated heterocycles. The first-order chi connectivity index (χ1) is 11.2. The van der Waals surface area contributed by atoms with Crippen molar-refractivity contribution < 1.29 is 9.13 Å². The van der Waals surface area contributed by atoms with Crippen LogP contribution in [-0.2, 0) is 13.1 Å². The molecule has 0 heterocycles. The molecule has 0 spiro atoms. The van der Waals surface area contributed by atoms with E-state index < -0.39 is 0 Å². The summed E-state index contributed by atoms with van der Waals surface area (Å²) in [6.07, 6.45) is 0. The average molecular weight is 443 g/mol. The van der Waals surface area contributed by atoms with Gasteiger partial charge in [-0.3, -0.25) is 0 Å². The molecule has 4 nitrogen and oxygen atoms in total. The van der Waals surface area contributed by atoms with Crippen molar-refractivity contribution in [2.75, 3.05) is 13.7 Å². The third kappa shape index (κ3) is 6.74. The van der Waals surface area contributed by atoms with Gasteiger partial charge in [0.2, 0.25) is 0 Å². The number of aliphatic imine (C=N–C) groups is 1. The first-order valence-corrected chi connectivity index (χ1v) is 7.61. The summed E-state index contributed by atoms with van der Waals surface area (Å²) in [4.78, 5) is 4.55. The number of ether oxygens (including phenoxy) is 1. The maximum Gasteiger partial charge on any atom is 0.191 e. The molecule has 2 aromatic carbocycles. The first kappa shape index (κ1) is 20.2. The van der Waals surface area contributed by atoms with Crippen LogP contribution in [-0.4, -0.2) is 19.6 Å². The van der Waals surface area contributed by atoms with Crippen molar-refractivity contribution in [3.63, 3.8) is 0 Å². The van der Waals surface area contributed by atoms with Gasteiger partial charge in [-0.2, -0.15) is 0 Å². The van der Waals surface area contributed by atoms with Crippen LogP contribution in [0.4, 0.5) is 4.39 Å². The van der Waals surface area contributed by atoms with E-state index in [1.165, 1.54) is 12.1 Å². The normalized spacial score (nSPS) is 10.7. The standard InChI is InChI=1S/C18H22FN3O.HI/c1-3-20-18(21-12-14-4-8-16(19)9-5-14)22-13-15-6-10-17(23-2)11-7-15;/h4-11H,3,12-13H2,1-2H3,(H2,20,21,22);1H. The highest BCUT2D eigenvalue weighted by atomic mass is 127. The zero-order valence-corrected chi connectivity index (χ0v) is 16.2. The maximum absolute atomic E-state index is 12.9. The fraction of sp³-hybridized carbons (Fsp3) is 0.278. The molecule has 2 N–H and O–H groups in total. The minimum Gasteiger partial charge on any atom is -0.497 e. The Morgan fingerprint density at radius 3 is 2.21 bits per heavy atom. The summed E-state index contributed by atoms with van der Waals surface area (Å²) in [6, 6.07) is 14.3. The van der Waals surface area contributed by atoms with E-state index in [0.717, 1.165) is 29.4 Å². The Hall–Kier alpha value is -1.83. The molecule has 130 valence electrons. The Balaban J connectivity index is 0.00000288. The van der Waals surface area contributed by atoms with Crippen molar-refractivity contribution in [2.24, 2.45) is 4.99 Å². The van der Waals surface area contributed by atoms with E-state index in [2.05, 4.69) is 15.6 Å². The molecule has 0 unspecified atom stereocenters. The van der Waals surface area contributed by atoms with Gasteiger partial charge in [-0.15, -0.1) is 24.0 Å². The van der Waals surface area contributed by atoms with Crippen LogP contribution in [0, 0.1) is 5.82 Å². The van der Waals surface area contributed by atoms with E-state index in [1.807, 2.05) is 31.2 Å². The van der Waals surface area contributed by atoms with Gasteiger partial charge < -0.3 is 15.4 Å². The lowest BCUT2D eigenvalue weighted by molar-refractivity contribution is 0.414. The van der Waals surface area contributed by atoms with Gasteiger partial charge in [-0.25, -0.2) is 9.38 Å². The van der Waals surface area contributed by atoms with Gasteiger partial charge in [0.05, 0.1) is 13.7 Å². The smallest absolute Gasteiger partial charge is 0.191 e. The van der Waals surface area contributed by atoms with Gasteiger partial charge in [0.1, 0.15) is 11.6 Å². The molecule has 0 bridgehead atoms. The number of benzene rings is 2. The van der Waals surface area contributed by atoms with Crippen LogP contribution in [0.5, 0.6) is 5.75 Å². The van der Waals surface area contributed by atoms with Gasteiger partial charge in [0.25, 0.3) is 0 Å². The molecule has 0 atom stereocenters. The Bertz CT molecular complexity index is 630. The largest absolute Gasteiger partial charge is 0.497 e. The molecule has 0 radical (unpaired) electrons. The van der Waals surface area contributed by atoms with E-state index in [1.54, 1.807) is 19.2 Å². The Labute approximate surface area is 159 Å². The topological polar surface area (TPSA) is 45.7 Å². The van der Waals surface area contributed by atoms with Crippen LogP contribution in [0.1, 0.15) is 18.1 Å². The predicted molar refractivity (Wildman–Crippen MR) is 106 cm³/mol. The van der Waals surface area contributed by atoms with Crippen LogP contribution in [0.25, 0.3) is 0 Å². The average Bonchev–Trinajstić information content (AvgIpc) is 2.59. The molecule has 0 aliphatic rings. The number of nitrogens with one attached hydrogen (secondary N) is 2. The van der Waals surface area contributed by atoms with Crippen LogP contribution >= 0.6 is 24.0 Å². The zero-order valence-electron chi connectivity index (χ0n) is 13.9. The molecule has 2 aromatic rings. The summed E-state index contributed by atoms with van der Waals surface area (Å²) >= 11 is 0. The third-order valence-electron chi connectivity index (χ3n) is 3.30. The lowest BCUT2D eigenvalue weighted by Gasteiger charge is -2.11. The van der Waals surface area contributed by atoms with E-state index in [4.69, 9.17) is 4.74 Å². The van der Waals surface area contributed by atoms with Gasteiger partial charge >= 0.3 is 0 Å². The van der Waals surface area contributed by atoms with Crippen LogP contribution in [0.15, 0.2) is 53.5 Å². The van der Waals surface area contributed by atoms with Crippen molar-refractivity contribution in [3.8, 4) is 5.75 Å². The number of methoxy groups -OCH3 is 1. The number of guanidine groups is 1. The van der Waals surface area contributed by atoms with Gasteiger partial charge in [0.15, 0.2) is 5.96 Å². The number of rotatable bonds is 6. The fourth-order valence-electron chi connectivity index (χ4n) is 2.03. The van der Waals surface area contributed by atoms with Crippen LogP contribution in [0.3, 0.4) is 0 Å². The molecule has 24 heavy (non-hydrogen) atoms. The minimum atomic E-state index is -0.228. The Morgan fingerprint density at radius 2 is 1.62 bits per heavy atom. The molecular formula is C18H23FIN3O. The second-order valence-electron chi connectivity index (χ2n) is 5.02. The fourth-order valence-corrected chi connectivity index (χ4v) is 2.03. The molecule has 0 aliphatic carbocycles. The van der Waals surface area contributed by atoms with Crippen molar-refractivity contribution in [2.45, 2.75) is 20.0 Å². The predicted octanol–water partition coefficient (Wildman–Crippen LogP) is 3.71. The summed E-state index contributed by atoms with van der Waals surface area (Å²) in [7, 11) is 1.65. The maximum atomic E-state index is 12.9. The van der Waals surface area contributed by atoms with Crippen molar-refractivity contribution in [3.05, 3.63) is 65.5 Å². The monoisotopic (exact) mass is 443 g/mol. The van der Waals surface area contributed by atoms with Crippen molar-refractivity contribution in [1.29, 1.82) is 0 Å². The second kappa shape index (κ2) is 10.9. The van der Waals surface area contributed by atoms with Gasteiger partial charge in [-0.05, 0) is 42.3 Å². The molecule has 0 saturated carbocycles. The minimum absolute atomic E-state index is 0. The summed E-state index contributed by atoms with van der Waals surface area (Å²) < 4.78 is 18.0. The molecule has 0 aromatic heterocycles. The highest BCUT2D eigenvalue weighted by molar-refractivity contribution is 14.0. The summed E-state index contributed by atoms with van der Waals surface area (Å²) in [6.45, 7) is 3.96.